The summed E-state index contributed by atoms with van der Waals surface area (Å²) >= 11 is 0. The van der Waals surface area contributed by atoms with Gasteiger partial charge >= 0.3 is 11.9 Å². The summed E-state index contributed by atoms with van der Waals surface area (Å²) in [5, 5.41) is 0. The van der Waals surface area contributed by atoms with Crippen molar-refractivity contribution in [3.63, 3.8) is 0 Å². The minimum Gasteiger partial charge on any atom is -0.463 e. The van der Waals surface area contributed by atoms with Crippen LogP contribution in [0.4, 0.5) is 0 Å². The number of aryl methyl sites for hydroxylation is 2. The van der Waals surface area contributed by atoms with Crippen LogP contribution in [0.5, 0.6) is 0 Å². The van der Waals surface area contributed by atoms with E-state index in [1.165, 1.54) is 0 Å². The zero-order chi connectivity index (χ0) is 15.4. The molecule has 1 rings (SSSR count). The van der Waals surface area contributed by atoms with Gasteiger partial charge in [-0.3, -0.25) is 4.79 Å². The zero-order valence-electron chi connectivity index (χ0n) is 13.0. The predicted molar refractivity (Wildman–Crippen MR) is 75.6 cm³/mol. The molecule has 0 aliphatic heterocycles. The molecule has 0 radical (unpaired) electrons. The topological polar surface area (TPSA) is 57.5 Å². The standard InChI is InChI=1S/C15H23NO4/c1-9(2)19-13(17)7-12-14(11(5)8-16(12)6)15(18)20-10(3)4/h8-10H,7H2,1-6H3. The Bertz CT molecular complexity index is 500. The van der Waals surface area contributed by atoms with Crippen LogP contribution in [0.15, 0.2) is 6.20 Å². The maximum Gasteiger partial charge on any atom is 0.340 e. The molecule has 5 nitrogen and oxygen atoms in total. The lowest BCUT2D eigenvalue weighted by Gasteiger charge is -2.12. The molecule has 0 fully saturated rings. The van der Waals surface area contributed by atoms with Crippen molar-refractivity contribution < 1.29 is 19.1 Å². The average Bonchev–Trinajstić information content (AvgIpc) is 2.51. The molecule has 1 heterocycles. The molecule has 20 heavy (non-hydrogen) atoms. The summed E-state index contributed by atoms with van der Waals surface area (Å²) in [4.78, 5) is 23.9. The molecule has 0 bridgehead atoms. The second kappa shape index (κ2) is 6.59. The van der Waals surface area contributed by atoms with E-state index in [1.807, 2.05) is 13.1 Å². The van der Waals surface area contributed by atoms with Gasteiger partial charge in [0.25, 0.3) is 0 Å². The van der Waals surface area contributed by atoms with E-state index in [4.69, 9.17) is 9.47 Å². The van der Waals surface area contributed by atoms with Gasteiger partial charge in [-0.1, -0.05) is 0 Å². The third-order valence-electron chi connectivity index (χ3n) is 2.72. The first-order valence-electron chi connectivity index (χ1n) is 6.77. The van der Waals surface area contributed by atoms with Crippen LogP contribution in [0, 0.1) is 6.92 Å². The monoisotopic (exact) mass is 281 g/mol. The molecule has 0 atom stereocenters. The van der Waals surface area contributed by atoms with E-state index in [2.05, 4.69) is 0 Å². The summed E-state index contributed by atoms with van der Waals surface area (Å²) in [5.41, 5.74) is 1.88. The van der Waals surface area contributed by atoms with E-state index in [1.54, 1.807) is 39.3 Å². The van der Waals surface area contributed by atoms with E-state index in [0.29, 0.717) is 11.3 Å². The van der Waals surface area contributed by atoms with Crippen LogP contribution in [0.3, 0.4) is 0 Å². The van der Waals surface area contributed by atoms with Crippen molar-refractivity contribution in [1.82, 2.24) is 4.57 Å². The summed E-state index contributed by atoms with van der Waals surface area (Å²) in [6.07, 6.45) is 1.51. The first-order chi connectivity index (χ1) is 9.22. The number of carbonyl (C=O) groups excluding carboxylic acids is 2. The highest BCUT2D eigenvalue weighted by molar-refractivity contribution is 5.94. The van der Waals surface area contributed by atoms with E-state index < -0.39 is 5.97 Å². The molecule has 5 heteroatoms. The Hall–Kier alpha value is -1.78. The van der Waals surface area contributed by atoms with Crippen LogP contribution in [0.1, 0.15) is 49.3 Å². The van der Waals surface area contributed by atoms with E-state index >= 15 is 0 Å². The first kappa shape index (κ1) is 16.3. The lowest BCUT2D eigenvalue weighted by Crippen LogP contribution is -2.19. The molecule has 0 spiro atoms. The van der Waals surface area contributed by atoms with Crippen LogP contribution in [-0.2, 0) is 27.7 Å². The lowest BCUT2D eigenvalue weighted by molar-refractivity contribution is -0.146. The first-order valence-corrected chi connectivity index (χ1v) is 6.77. The lowest BCUT2D eigenvalue weighted by atomic mass is 10.1. The molecule has 0 aromatic carbocycles. The molecule has 0 unspecified atom stereocenters. The Balaban J connectivity index is 3.01. The quantitative estimate of drug-likeness (QED) is 0.778. The minimum absolute atomic E-state index is 0.0606. The molecule has 1 aromatic rings. The number of esters is 2. The van der Waals surface area contributed by atoms with Gasteiger partial charge in [-0.15, -0.1) is 0 Å². The third kappa shape index (κ3) is 4.11. The summed E-state index contributed by atoms with van der Waals surface area (Å²) in [5.74, 6) is -0.745. The van der Waals surface area contributed by atoms with Crippen LogP contribution in [0.25, 0.3) is 0 Å². The largest absolute Gasteiger partial charge is 0.463 e. The van der Waals surface area contributed by atoms with Gasteiger partial charge in [0.05, 0.1) is 24.2 Å². The normalized spacial score (nSPS) is 11.0. The SMILES string of the molecule is Cc1cn(C)c(CC(=O)OC(C)C)c1C(=O)OC(C)C. The van der Waals surface area contributed by atoms with E-state index in [9.17, 15) is 9.59 Å². The Labute approximate surface area is 119 Å². The van der Waals surface area contributed by atoms with Gasteiger partial charge in [0.15, 0.2) is 0 Å². The highest BCUT2D eigenvalue weighted by Gasteiger charge is 2.23. The van der Waals surface area contributed by atoms with Gasteiger partial charge in [-0.2, -0.15) is 0 Å². The molecular weight excluding hydrogens is 258 g/mol. The highest BCUT2D eigenvalue weighted by atomic mass is 16.5. The maximum atomic E-state index is 12.1. The number of rotatable bonds is 5. The molecule has 0 saturated heterocycles. The second-order valence-corrected chi connectivity index (χ2v) is 5.41. The van der Waals surface area contributed by atoms with Gasteiger partial charge < -0.3 is 14.0 Å². The van der Waals surface area contributed by atoms with Gasteiger partial charge in [0.1, 0.15) is 0 Å². The number of ether oxygens (including phenoxy) is 2. The van der Waals surface area contributed by atoms with E-state index in [-0.39, 0.29) is 24.6 Å². The smallest absolute Gasteiger partial charge is 0.340 e. The number of aromatic nitrogens is 1. The number of carbonyl (C=O) groups is 2. The van der Waals surface area contributed by atoms with Crippen LogP contribution < -0.4 is 0 Å². The molecule has 112 valence electrons. The Morgan fingerprint density at radius 1 is 1.15 bits per heavy atom. The minimum atomic E-state index is -0.398. The van der Waals surface area contributed by atoms with Crippen molar-refractivity contribution in [3.8, 4) is 0 Å². The van der Waals surface area contributed by atoms with Crippen molar-refractivity contribution in [1.29, 1.82) is 0 Å². The summed E-state index contributed by atoms with van der Waals surface area (Å²) in [6, 6.07) is 0. The highest BCUT2D eigenvalue weighted by Crippen LogP contribution is 2.19. The maximum absolute atomic E-state index is 12.1. The number of hydrogen-bond acceptors (Lipinski definition) is 4. The fourth-order valence-electron chi connectivity index (χ4n) is 2.04. The van der Waals surface area contributed by atoms with E-state index in [0.717, 1.165) is 5.56 Å². The van der Waals surface area contributed by atoms with Crippen LogP contribution in [-0.4, -0.2) is 28.7 Å². The van der Waals surface area contributed by atoms with Crippen molar-refractivity contribution in [2.45, 2.75) is 53.2 Å². The molecule has 0 amide bonds. The van der Waals surface area contributed by atoms with Gasteiger partial charge in [0, 0.05) is 18.9 Å². The fourth-order valence-corrected chi connectivity index (χ4v) is 2.04. The van der Waals surface area contributed by atoms with Crippen molar-refractivity contribution in [2.24, 2.45) is 7.05 Å². The van der Waals surface area contributed by atoms with Gasteiger partial charge in [0.2, 0.25) is 0 Å². The molecule has 0 saturated carbocycles. The van der Waals surface area contributed by atoms with Gasteiger partial charge in [-0.05, 0) is 40.2 Å². The Morgan fingerprint density at radius 2 is 1.70 bits per heavy atom. The Morgan fingerprint density at radius 3 is 2.20 bits per heavy atom. The number of hydrogen-bond donors (Lipinski definition) is 0. The summed E-state index contributed by atoms with van der Waals surface area (Å²) in [6.45, 7) is 9.00. The summed E-state index contributed by atoms with van der Waals surface area (Å²) < 4.78 is 12.1. The zero-order valence-corrected chi connectivity index (χ0v) is 13.0. The van der Waals surface area contributed by atoms with Gasteiger partial charge in [-0.25, -0.2) is 4.79 Å². The molecule has 0 N–H and O–H groups in total. The molecule has 0 aliphatic rings. The molecule has 1 aromatic heterocycles. The predicted octanol–water partition coefficient (Wildman–Crippen LogP) is 2.39. The van der Waals surface area contributed by atoms with Crippen molar-refractivity contribution >= 4 is 11.9 Å². The second-order valence-electron chi connectivity index (χ2n) is 5.41. The van der Waals surface area contributed by atoms with Crippen molar-refractivity contribution in [2.75, 3.05) is 0 Å². The van der Waals surface area contributed by atoms with Crippen LogP contribution in [0.2, 0.25) is 0 Å². The van der Waals surface area contributed by atoms with Crippen molar-refractivity contribution in [3.05, 3.63) is 23.0 Å². The molecule has 0 aliphatic carbocycles. The fraction of sp³-hybridized carbons (Fsp3) is 0.600. The summed E-state index contributed by atoms with van der Waals surface area (Å²) in [7, 11) is 1.80. The Kier molecular flexibility index (Phi) is 5.36. The van der Waals surface area contributed by atoms with Crippen LogP contribution >= 0.6 is 0 Å². The molecular formula is C15H23NO4. The third-order valence-corrected chi connectivity index (χ3v) is 2.72. The number of nitrogens with zero attached hydrogens (tertiary/aromatic N) is 1. The average molecular weight is 281 g/mol.